The Kier molecular flexibility index (Phi) is 4.04. The molecule has 0 spiro atoms. The average Bonchev–Trinajstić information content (AvgIpc) is 2.64. The van der Waals surface area contributed by atoms with Gasteiger partial charge >= 0.3 is 0 Å². The Morgan fingerprint density at radius 3 is 2.38 bits per heavy atom. The van der Waals surface area contributed by atoms with Gasteiger partial charge < -0.3 is 14.9 Å². The van der Waals surface area contributed by atoms with Crippen molar-refractivity contribution in [2.75, 3.05) is 19.7 Å². The minimum Gasteiger partial charge on any atom is -0.491 e. The zero-order valence-corrected chi connectivity index (χ0v) is 13.6. The Morgan fingerprint density at radius 2 is 1.62 bits per heavy atom. The number of aliphatic hydroxyl groups excluding tert-OH is 1. The van der Waals surface area contributed by atoms with Crippen molar-refractivity contribution in [3.63, 3.8) is 0 Å². The lowest BCUT2D eigenvalue weighted by Crippen LogP contribution is -2.52. The van der Waals surface area contributed by atoms with Crippen molar-refractivity contribution < 1.29 is 14.9 Å². The molecular weight excluding hydrogens is 302 g/mol. The number of ether oxygens (including phenoxy) is 1. The van der Waals surface area contributed by atoms with Crippen LogP contribution in [0.3, 0.4) is 0 Å². The summed E-state index contributed by atoms with van der Waals surface area (Å²) in [5, 5.41) is 21.7. The summed E-state index contributed by atoms with van der Waals surface area (Å²) in [6.07, 6.45) is 0.793. The second-order valence-corrected chi connectivity index (χ2v) is 6.79. The Morgan fingerprint density at radius 1 is 0.958 bits per heavy atom. The van der Waals surface area contributed by atoms with Gasteiger partial charge in [0.1, 0.15) is 18.5 Å². The summed E-state index contributed by atoms with van der Waals surface area (Å²) in [6.45, 7) is 1.99. The number of hydrogen-bond acceptors (Lipinski definition) is 4. The van der Waals surface area contributed by atoms with E-state index < -0.39 is 11.7 Å². The number of benzene rings is 2. The molecule has 2 heterocycles. The number of para-hydroxylation sites is 1. The lowest BCUT2D eigenvalue weighted by molar-refractivity contribution is -0.0664. The Labute approximate surface area is 142 Å². The fourth-order valence-electron chi connectivity index (χ4n) is 3.90. The molecule has 2 atom stereocenters. The average molecular weight is 325 g/mol. The van der Waals surface area contributed by atoms with Crippen LogP contribution in [0.1, 0.15) is 30.1 Å². The maximum Gasteiger partial charge on any atom is 0.125 e. The standard InChI is InChI=1S/C20H23NO3/c22-19-16-8-4-5-9-18(16)24-14-17(19)21-12-10-20(23,11-13-21)15-6-2-1-3-7-15/h1-9,17,19,22-23H,10-14H2/t17-,19+/m0/s1. The Hall–Kier alpha value is -1.88. The van der Waals surface area contributed by atoms with Crippen LogP contribution in [0, 0.1) is 0 Å². The lowest BCUT2D eigenvalue weighted by atomic mass is 9.83. The first-order chi connectivity index (χ1) is 11.7. The summed E-state index contributed by atoms with van der Waals surface area (Å²) in [5.41, 5.74) is 1.07. The molecule has 4 rings (SSSR count). The van der Waals surface area contributed by atoms with Gasteiger partial charge in [0.25, 0.3) is 0 Å². The van der Waals surface area contributed by atoms with Crippen LogP contribution in [0.4, 0.5) is 0 Å². The largest absolute Gasteiger partial charge is 0.491 e. The van der Waals surface area contributed by atoms with Crippen LogP contribution in [-0.2, 0) is 5.60 Å². The molecule has 0 amide bonds. The van der Waals surface area contributed by atoms with Crippen molar-refractivity contribution in [2.45, 2.75) is 30.6 Å². The molecule has 2 aliphatic rings. The molecule has 2 aromatic carbocycles. The van der Waals surface area contributed by atoms with Crippen LogP contribution in [0.15, 0.2) is 54.6 Å². The minimum absolute atomic E-state index is 0.0553. The van der Waals surface area contributed by atoms with Crippen LogP contribution >= 0.6 is 0 Å². The summed E-state index contributed by atoms with van der Waals surface area (Å²) in [7, 11) is 0. The number of piperidine rings is 1. The summed E-state index contributed by atoms with van der Waals surface area (Å²) < 4.78 is 5.83. The number of likely N-dealkylation sites (tertiary alicyclic amines) is 1. The number of hydrogen-bond donors (Lipinski definition) is 2. The van der Waals surface area contributed by atoms with E-state index >= 15 is 0 Å². The van der Waals surface area contributed by atoms with E-state index in [9.17, 15) is 10.2 Å². The van der Waals surface area contributed by atoms with Gasteiger partial charge in [-0.15, -0.1) is 0 Å². The topological polar surface area (TPSA) is 52.9 Å². The van der Waals surface area contributed by atoms with Gasteiger partial charge in [-0.2, -0.15) is 0 Å². The SMILES string of the molecule is O[C@@H]1c2ccccc2OC[C@@H]1N1CCC(O)(c2ccccc2)CC1. The van der Waals surface area contributed by atoms with Crippen LogP contribution in [0.5, 0.6) is 5.75 Å². The van der Waals surface area contributed by atoms with E-state index in [1.807, 2.05) is 54.6 Å². The molecule has 0 bridgehead atoms. The third-order valence-corrected chi connectivity index (χ3v) is 5.42. The number of aliphatic hydroxyl groups is 2. The second-order valence-electron chi connectivity index (χ2n) is 6.79. The maximum atomic E-state index is 11.0. The predicted molar refractivity (Wildman–Crippen MR) is 91.8 cm³/mol. The van der Waals surface area contributed by atoms with Gasteiger partial charge in [-0.05, 0) is 24.5 Å². The van der Waals surface area contributed by atoms with Gasteiger partial charge in [0.2, 0.25) is 0 Å². The van der Waals surface area contributed by atoms with Gasteiger partial charge in [0.05, 0.1) is 11.6 Å². The summed E-state index contributed by atoms with van der Waals surface area (Å²) in [5.74, 6) is 0.777. The highest BCUT2D eigenvalue weighted by molar-refractivity contribution is 5.37. The van der Waals surface area contributed by atoms with Crippen LogP contribution < -0.4 is 4.74 Å². The first kappa shape index (κ1) is 15.6. The lowest BCUT2D eigenvalue weighted by Gasteiger charge is -2.44. The van der Waals surface area contributed by atoms with E-state index in [-0.39, 0.29) is 6.04 Å². The zero-order chi connectivity index (χ0) is 16.6. The van der Waals surface area contributed by atoms with E-state index in [0.29, 0.717) is 19.4 Å². The number of nitrogens with zero attached hydrogens (tertiary/aromatic N) is 1. The molecule has 0 unspecified atom stereocenters. The molecule has 2 N–H and O–H groups in total. The van der Waals surface area contributed by atoms with Crippen LogP contribution in [-0.4, -0.2) is 40.9 Å². The number of fused-ring (bicyclic) bond motifs is 1. The monoisotopic (exact) mass is 325 g/mol. The van der Waals surface area contributed by atoms with Crippen LogP contribution in [0.25, 0.3) is 0 Å². The second kappa shape index (κ2) is 6.20. The molecule has 0 aliphatic carbocycles. The van der Waals surface area contributed by atoms with Gasteiger partial charge in [0, 0.05) is 18.7 Å². The summed E-state index contributed by atoms with van der Waals surface area (Å²) in [6, 6.07) is 17.5. The van der Waals surface area contributed by atoms with E-state index in [1.165, 1.54) is 0 Å². The zero-order valence-electron chi connectivity index (χ0n) is 13.6. The molecule has 24 heavy (non-hydrogen) atoms. The molecular formula is C20H23NO3. The molecule has 4 nitrogen and oxygen atoms in total. The summed E-state index contributed by atoms with van der Waals surface area (Å²) >= 11 is 0. The normalized spacial score (nSPS) is 26.4. The smallest absolute Gasteiger partial charge is 0.125 e. The maximum absolute atomic E-state index is 11.0. The van der Waals surface area contributed by atoms with Crippen molar-refractivity contribution in [2.24, 2.45) is 0 Å². The highest BCUT2D eigenvalue weighted by atomic mass is 16.5. The van der Waals surface area contributed by atoms with E-state index in [0.717, 1.165) is 30.0 Å². The third kappa shape index (κ3) is 2.71. The van der Waals surface area contributed by atoms with Crippen LogP contribution in [0.2, 0.25) is 0 Å². The highest BCUT2D eigenvalue weighted by Crippen LogP contribution is 2.38. The van der Waals surface area contributed by atoms with Gasteiger partial charge in [0.15, 0.2) is 0 Å². The molecule has 1 saturated heterocycles. The molecule has 0 aromatic heterocycles. The number of rotatable bonds is 2. The van der Waals surface area contributed by atoms with Crippen molar-refractivity contribution >= 4 is 0 Å². The molecule has 4 heteroatoms. The van der Waals surface area contributed by atoms with Crippen molar-refractivity contribution in [3.05, 3.63) is 65.7 Å². The fourth-order valence-corrected chi connectivity index (χ4v) is 3.90. The minimum atomic E-state index is -0.768. The third-order valence-electron chi connectivity index (χ3n) is 5.42. The van der Waals surface area contributed by atoms with E-state index in [4.69, 9.17) is 4.74 Å². The fraction of sp³-hybridized carbons (Fsp3) is 0.400. The first-order valence-corrected chi connectivity index (χ1v) is 8.59. The molecule has 0 saturated carbocycles. The van der Waals surface area contributed by atoms with Gasteiger partial charge in [-0.3, -0.25) is 4.90 Å². The van der Waals surface area contributed by atoms with Gasteiger partial charge in [-0.1, -0.05) is 48.5 Å². The van der Waals surface area contributed by atoms with Crippen molar-refractivity contribution in [1.82, 2.24) is 4.90 Å². The first-order valence-electron chi connectivity index (χ1n) is 8.59. The molecule has 2 aliphatic heterocycles. The van der Waals surface area contributed by atoms with E-state index in [1.54, 1.807) is 0 Å². The molecule has 126 valence electrons. The molecule has 1 fully saturated rings. The summed E-state index contributed by atoms with van der Waals surface area (Å²) in [4.78, 5) is 2.25. The Bertz CT molecular complexity index is 695. The molecule has 2 aromatic rings. The Balaban J connectivity index is 1.47. The predicted octanol–water partition coefficient (Wildman–Crippen LogP) is 2.46. The molecule has 0 radical (unpaired) electrons. The van der Waals surface area contributed by atoms with Crippen molar-refractivity contribution in [3.8, 4) is 5.75 Å². The van der Waals surface area contributed by atoms with Gasteiger partial charge in [-0.25, -0.2) is 0 Å². The van der Waals surface area contributed by atoms with E-state index in [2.05, 4.69) is 4.90 Å². The quantitative estimate of drug-likeness (QED) is 0.891. The van der Waals surface area contributed by atoms with Crippen molar-refractivity contribution in [1.29, 1.82) is 0 Å². The highest BCUT2D eigenvalue weighted by Gasteiger charge is 2.40.